The summed E-state index contributed by atoms with van der Waals surface area (Å²) in [7, 11) is 0. The van der Waals surface area contributed by atoms with E-state index in [0.29, 0.717) is 0 Å². The van der Waals surface area contributed by atoms with Crippen LogP contribution in [0.3, 0.4) is 0 Å². The second kappa shape index (κ2) is 2.83. The zero-order chi connectivity index (χ0) is 7.72. The summed E-state index contributed by atoms with van der Waals surface area (Å²) in [4.78, 5) is 1.50. The zero-order valence-corrected chi connectivity index (χ0v) is 7.93. The molecule has 56 valence electrons. The SMILES string of the molecule is CC(C)=C1CSC(C)=C1C. The Hall–Kier alpha value is -0.170. The highest BCUT2D eigenvalue weighted by molar-refractivity contribution is 8.03. The van der Waals surface area contributed by atoms with E-state index in [1.54, 1.807) is 5.57 Å². The average molecular weight is 154 g/mol. The molecule has 1 aliphatic heterocycles. The van der Waals surface area contributed by atoms with Crippen LogP contribution < -0.4 is 0 Å². The minimum Gasteiger partial charge on any atom is -0.126 e. The minimum absolute atomic E-state index is 1.19. The number of rotatable bonds is 0. The molecular weight excluding hydrogens is 140 g/mol. The summed E-state index contributed by atoms with van der Waals surface area (Å²) in [6, 6.07) is 0. The van der Waals surface area contributed by atoms with E-state index < -0.39 is 0 Å². The van der Waals surface area contributed by atoms with Gasteiger partial charge in [-0.1, -0.05) is 5.57 Å². The van der Waals surface area contributed by atoms with Crippen molar-refractivity contribution in [1.29, 1.82) is 0 Å². The lowest BCUT2D eigenvalue weighted by Crippen LogP contribution is -1.85. The third kappa shape index (κ3) is 1.29. The monoisotopic (exact) mass is 154 g/mol. The van der Waals surface area contributed by atoms with Crippen LogP contribution in [-0.2, 0) is 0 Å². The van der Waals surface area contributed by atoms with E-state index in [0.717, 1.165) is 0 Å². The number of hydrogen-bond acceptors (Lipinski definition) is 1. The topological polar surface area (TPSA) is 0 Å². The number of allylic oxidation sites excluding steroid dienone is 3. The van der Waals surface area contributed by atoms with E-state index in [4.69, 9.17) is 0 Å². The first-order valence-corrected chi connectivity index (χ1v) is 4.58. The fourth-order valence-corrected chi connectivity index (χ4v) is 2.33. The van der Waals surface area contributed by atoms with E-state index in [1.165, 1.54) is 21.8 Å². The van der Waals surface area contributed by atoms with Gasteiger partial charge in [-0.3, -0.25) is 0 Å². The quantitative estimate of drug-likeness (QED) is 0.515. The van der Waals surface area contributed by atoms with Gasteiger partial charge in [-0.05, 0) is 43.7 Å². The van der Waals surface area contributed by atoms with E-state index in [-0.39, 0.29) is 0 Å². The maximum atomic E-state index is 2.22. The van der Waals surface area contributed by atoms with Crippen molar-refractivity contribution in [2.75, 3.05) is 5.75 Å². The van der Waals surface area contributed by atoms with Gasteiger partial charge in [0.25, 0.3) is 0 Å². The Morgan fingerprint density at radius 3 is 2.10 bits per heavy atom. The molecule has 0 aromatic rings. The first-order valence-electron chi connectivity index (χ1n) is 3.60. The van der Waals surface area contributed by atoms with Gasteiger partial charge in [0.15, 0.2) is 0 Å². The Bertz CT molecular complexity index is 205. The molecule has 0 aromatic heterocycles. The van der Waals surface area contributed by atoms with Gasteiger partial charge in [0, 0.05) is 5.75 Å². The van der Waals surface area contributed by atoms with Crippen LogP contribution in [0.4, 0.5) is 0 Å². The third-order valence-electron chi connectivity index (χ3n) is 2.02. The van der Waals surface area contributed by atoms with E-state index in [9.17, 15) is 0 Å². The molecule has 0 aliphatic carbocycles. The Morgan fingerprint density at radius 1 is 1.30 bits per heavy atom. The summed E-state index contributed by atoms with van der Waals surface area (Å²) < 4.78 is 0. The van der Waals surface area contributed by atoms with Crippen molar-refractivity contribution < 1.29 is 0 Å². The van der Waals surface area contributed by atoms with Gasteiger partial charge in [-0.15, -0.1) is 11.8 Å². The van der Waals surface area contributed by atoms with Gasteiger partial charge in [0.2, 0.25) is 0 Å². The van der Waals surface area contributed by atoms with Crippen LogP contribution in [0.25, 0.3) is 0 Å². The molecule has 1 heteroatoms. The van der Waals surface area contributed by atoms with Crippen LogP contribution in [-0.4, -0.2) is 5.75 Å². The molecule has 0 saturated heterocycles. The van der Waals surface area contributed by atoms with Crippen molar-refractivity contribution in [2.24, 2.45) is 0 Å². The van der Waals surface area contributed by atoms with Crippen molar-refractivity contribution in [3.8, 4) is 0 Å². The maximum absolute atomic E-state index is 2.22. The van der Waals surface area contributed by atoms with E-state index >= 15 is 0 Å². The van der Waals surface area contributed by atoms with E-state index in [2.05, 4.69) is 27.7 Å². The molecule has 0 fully saturated rings. The van der Waals surface area contributed by atoms with Gasteiger partial charge < -0.3 is 0 Å². The lowest BCUT2D eigenvalue weighted by Gasteiger charge is -2.00. The van der Waals surface area contributed by atoms with Gasteiger partial charge in [-0.2, -0.15) is 0 Å². The summed E-state index contributed by atoms with van der Waals surface area (Å²) in [5, 5.41) is 0. The molecule has 0 amide bonds. The molecule has 0 spiro atoms. The predicted octanol–water partition coefficient (Wildman–Crippen LogP) is 3.36. The molecule has 1 heterocycles. The smallest absolute Gasteiger partial charge is 0.0231 e. The Balaban J connectivity index is 2.99. The lowest BCUT2D eigenvalue weighted by molar-refractivity contribution is 1.24. The molecule has 0 bridgehead atoms. The van der Waals surface area contributed by atoms with Gasteiger partial charge in [0.1, 0.15) is 0 Å². The molecule has 1 aliphatic rings. The summed E-state index contributed by atoms with van der Waals surface area (Å²) >= 11 is 1.96. The Morgan fingerprint density at radius 2 is 1.90 bits per heavy atom. The van der Waals surface area contributed by atoms with Crippen molar-refractivity contribution in [1.82, 2.24) is 0 Å². The highest BCUT2D eigenvalue weighted by atomic mass is 32.2. The standard InChI is InChI=1S/C9H14S/c1-6(2)9-5-10-8(4)7(9)3/h5H2,1-4H3. The third-order valence-corrected chi connectivity index (χ3v) is 3.19. The van der Waals surface area contributed by atoms with Gasteiger partial charge >= 0.3 is 0 Å². The fraction of sp³-hybridized carbons (Fsp3) is 0.556. The molecule has 0 N–H and O–H groups in total. The molecule has 0 nitrogen and oxygen atoms in total. The Labute approximate surface area is 67.4 Å². The second-order valence-corrected chi connectivity index (χ2v) is 4.14. The number of hydrogen-bond donors (Lipinski definition) is 0. The Kier molecular flexibility index (Phi) is 2.24. The van der Waals surface area contributed by atoms with Gasteiger partial charge in [0.05, 0.1) is 0 Å². The predicted molar refractivity (Wildman–Crippen MR) is 49.2 cm³/mol. The minimum atomic E-state index is 1.19. The van der Waals surface area contributed by atoms with Crippen molar-refractivity contribution in [3.05, 3.63) is 21.6 Å². The maximum Gasteiger partial charge on any atom is 0.0231 e. The van der Waals surface area contributed by atoms with Crippen LogP contribution >= 0.6 is 11.8 Å². The molecule has 0 saturated carbocycles. The van der Waals surface area contributed by atoms with Crippen LogP contribution in [0, 0.1) is 0 Å². The summed E-state index contributed by atoms with van der Waals surface area (Å²) in [5.74, 6) is 1.19. The molecule has 1 rings (SSSR count). The molecule has 0 aromatic carbocycles. The summed E-state index contributed by atoms with van der Waals surface area (Å²) in [6.45, 7) is 8.81. The largest absolute Gasteiger partial charge is 0.126 e. The summed E-state index contributed by atoms with van der Waals surface area (Å²) in [5.41, 5.74) is 4.54. The van der Waals surface area contributed by atoms with Crippen LogP contribution in [0.15, 0.2) is 21.6 Å². The van der Waals surface area contributed by atoms with Crippen molar-refractivity contribution in [3.63, 3.8) is 0 Å². The van der Waals surface area contributed by atoms with Crippen molar-refractivity contribution in [2.45, 2.75) is 27.7 Å². The molecule has 10 heavy (non-hydrogen) atoms. The van der Waals surface area contributed by atoms with E-state index in [1.807, 2.05) is 11.8 Å². The van der Waals surface area contributed by atoms with Crippen LogP contribution in [0.5, 0.6) is 0 Å². The molecule has 0 radical (unpaired) electrons. The van der Waals surface area contributed by atoms with Crippen LogP contribution in [0.2, 0.25) is 0 Å². The first-order chi connectivity index (χ1) is 4.63. The summed E-state index contributed by atoms with van der Waals surface area (Å²) in [6.07, 6.45) is 0. The highest BCUT2D eigenvalue weighted by Crippen LogP contribution is 2.35. The fourth-order valence-electron chi connectivity index (χ4n) is 1.13. The lowest BCUT2D eigenvalue weighted by atomic mass is 10.1. The van der Waals surface area contributed by atoms with Gasteiger partial charge in [-0.25, -0.2) is 0 Å². The first kappa shape index (κ1) is 7.93. The number of thioether (sulfide) groups is 1. The van der Waals surface area contributed by atoms with Crippen LogP contribution in [0.1, 0.15) is 27.7 Å². The molecular formula is C9H14S. The average Bonchev–Trinajstić information content (AvgIpc) is 2.14. The second-order valence-electron chi connectivity index (χ2n) is 2.95. The van der Waals surface area contributed by atoms with Crippen molar-refractivity contribution >= 4 is 11.8 Å². The molecule has 0 unspecified atom stereocenters. The highest BCUT2D eigenvalue weighted by Gasteiger charge is 2.13. The normalized spacial score (nSPS) is 18.6. The zero-order valence-electron chi connectivity index (χ0n) is 7.12. The molecule has 0 atom stereocenters.